The van der Waals surface area contributed by atoms with Crippen LogP contribution in [0.5, 0.6) is 0 Å². The highest BCUT2D eigenvalue weighted by molar-refractivity contribution is 7.89. The van der Waals surface area contributed by atoms with E-state index in [1.165, 1.54) is 38.5 Å². The topological polar surface area (TPSA) is 66.5 Å². The zero-order chi connectivity index (χ0) is 19.4. The van der Waals surface area contributed by atoms with Crippen molar-refractivity contribution in [3.05, 3.63) is 34.3 Å². The zero-order valence-corrected chi connectivity index (χ0v) is 17.4. The van der Waals surface area contributed by atoms with Gasteiger partial charge in [0, 0.05) is 22.7 Å². The smallest absolute Gasteiger partial charge is 0.264 e. The van der Waals surface area contributed by atoms with Crippen LogP contribution in [-0.4, -0.2) is 38.1 Å². The molecular formula is C20H27ClN2O3S. The normalized spacial score (nSPS) is 32.1. The van der Waals surface area contributed by atoms with Crippen molar-refractivity contribution in [1.29, 1.82) is 0 Å². The maximum atomic E-state index is 12.0. The molecule has 0 spiro atoms. The Bertz CT molecular complexity index is 833. The molecule has 148 valence electrons. The number of nitrogens with zero attached hydrogens (tertiary/aromatic N) is 1. The number of halogens is 1. The van der Waals surface area contributed by atoms with Crippen LogP contribution in [0.4, 0.5) is 0 Å². The number of sulfonamides is 1. The number of amides is 1. The van der Waals surface area contributed by atoms with Gasteiger partial charge in [-0.2, -0.15) is 0 Å². The monoisotopic (exact) mass is 410 g/mol. The molecule has 0 radical (unpaired) electrons. The molecule has 0 aromatic heterocycles. The summed E-state index contributed by atoms with van der Waals surface area (Å²) in [5, 5.41) is 0.507. The Morgan fingerprint density at radius 2 is 1.74 bits per heavy atom. The van der Waals surface area contributed by atoms with Crippen molar-refractivity contribution in [3.63, 3.8) is 0 Å². The molecule has 0 heterocycles. The first-order valence-corrected chi connectivity index (χ1v) is 11.9. The van der Waals surface area contributed by atoms with E-state index in [0.717, 1.165) is 36.1 Å². The molecule has 0 atom stereocenters. The Labute approximate surface area is 166 Å². The molecule has 4 saturated carbocycles. The van der Waals surface area contributed by atoms with E-state index in [0.29, 0.717) is 10.6 Å². The zero-order valence-electron chi connectivity index (χ0n) is 15.9. The Kier molecular flexibility index (Phi) is 4.80. The number of carbonyl (C=O) groups is 1. The number of carbonyl (C=O) groups excluding carboxylic acids is 1. The summed E-state index contributed by atoms with van der Waals surface area (Å²) in [4.78, 5) is 14.5. The van der Waals surface area contributed by atoms with Crippen LogP contribution in [0.1, 0.15) is 54.4 Å². The number of rotatable bonds is 5. The van der Waals surface area contributed by atoms with E-state index >= 15 is 0 Å². The third-order valence-corrected chi connectivity index (χ3v) is 7.72. The molecule has 7 heteroatoms. The molecule has 4 fully saturated rings. The molecule has 4 aliphatic carbocycles. The summed E-state index contributed by atoms with van der Waals surface area (Å²) in [6, 6.07) is 5.05. The summed E-state index contributed by atoms with van der Waals surface area (Å²) in [7, 11) is -1.39. The summed E-state index contributed by atoms with van der Waals surface area (Å²) in [5.74, 6) is 2.00. The van der Waals surface area contributed by atoms with E-state index in [4.69, 9.17) is 11.6 Å². The molecular weight excluding hydrogens is 384 g/mol. The van der Waals surface area contributed by atoms with E-state index in [2.05, 4.69) is 11.9 Å². The number of benzene rings is 1. The summed E-state index contributed by atoms with van der Waals surface area (Å²) < 4.78 is 24.5. The third-order valence-electron chi connectivity index (χ3n) is 6.82. The van der Waals surface area contributed by atoms with Gasteiger partial charge in [0.05, 0.1) is 6.26 Å². The van der Waals surface area contributed by atoms with Gasteiger partial charge in [-0.1, -0.05) is 17.7 Å². The summed E-state index contributed by atoms with van der Waals surface area (Å²) >= 11 is 6.44. The molecule has 5 rings (SSSR count). The second kappa shape index (κ2) is 6.75. The SMILES string of the molecule is CN(Cc1ccc(C(=O)NS(C)(=O)=O)cc1Cl)C12CC3CC(CC(C3)C1)C2. The van der Waals surface area contributed by atoms with Crippen molar-refractivity contribution in [1.82, 2.24) is 9.62 Å². The maximum absolute atomic E-state index is 12.0. The van der Waals surface area contributed by atoms with Crippen LogP contribution >= 0.6 is 11.6 Å². The van der Waals surface area contributed by atoms with E-state index in [9.17, 15) is 13.2 Å². The lowest BCUT2D eigenvalue weighted by Crippen LogP contribution is -2.58. The van der Waals surface area contributed by atoms with Crippen LogP contribution in [0.2, 0.25) is 5.02 Å². The van der Waals surface area contributed by atoms with Crippen LogP contribution in [-0.2, 0) is 16.6 Å². The first-order valence-electron chi connectivity index (χ1n) is 9.65. The third kappa shape index (κ3) is 3.89. The average Bonchev–Trinajstić information content (AvgIpc) is 2.53. The van der Waals surface area contributed by atoms with Crippen molar-refractivity contribution >= 4 is 27.5 Å². The fourth-order valence-electron chi connectivity index (χ4n) is 6.00. The summed E-state index contributed by atoms with van der Waals surface area (Å²) in [6.45, 7) is 0.749. The van der Waals surface area contributed by atoms with E-state index in [1.54, 1.807) is 12.1 Å². The molecule has 0 unspecified atom stereocenters. The van der Waals surface area contributed by atoms with Crippen LogP contribution in [0.3, 0.4) is 0 Å². The van der Waals surface area contributed by atoms with Gasteiger partial charge < -0.3 is 0 Å². The van der Waals surface area contributed by atoms with Gasteiger partial charge in [0.15, 0.2) is 0 Å². The molecule has 1 amide bonds. The van der Waals surface area contributed by atoms with Crippen LogP contribution in [0.15, 0.2) is 18.2 Å². The Hall–Kier alpha value is -1.11. The number of hydrogen-bond acceptors (Lipinski definition) is 4. The van der Waals surface area contributed by atoms with Gasteiger partial charge in [-0.3, -0.25) is 9.69 Å². The fourth-order valence-corrected chi connectivity index (χ4v) is 6.69. The van der Waals surface area contributed by atoms with E-state index in [-0.39, 0.29) is 5.56 Å². The van der Waals surface area contributed by atoms with Crippen LogP contribution in [0.25, 0.3) is 0 Å². The van der Waals surface area contributed by atoms with E-state index < -0.39 is 15.9 Å². The molecule has 1 aromatic rings. The molecule has 4 bridgehead atoms. The second-order valence-electron chi connectivity index (χ2n) is 9.01. The molecule has 0 aliphatic heterocycles. The van der Waals surface area contributed by atoms with Crippen molar-refractivity contribution in [2.45, 2.75) is 50.6 Å². The van der Waals surface area contributed by atoms with Gasteiger partial charge in [-0.05, 0) is 81.0 Å². The fraction of sp³-hybridized carbons (Fsp3) is 0.650. The predicted octanol–water partition coefficient (Wildman–Crippen LogP) is 3.43. The van der Waals surface area contributed by atoms with Gasteiger partial charge >= 0.3 is 0 Å². The standard InChI is InChI=1S/C20H27ClN2O3S/c1-23(20-9-13-5-14(10-20)7-15(6-13)11-20)12-17-4-3-16(8-18(17)21)19(24)22-27(2,25)26/h3-4,8,13-15H,5-7,9-12H2,1-2H3,(H,22,24). The van der Waals surface area contributed by atoms with Crippen molar-refractivity contribution in [2.24, 2.45) is 17.8 Å². The van der Waals surface area contributed by atoms with Crippen LogP contribution in [0, 0.1) is 17.8 Å². The summed E-state index contributed by atoms with van der Waals surface area (Å²) in [6.07, 6.45) is 9.08. The quantitative estimate of drug-likeness (QED) is 0.807. The highest BCUT2D eigenvalue weighted by atomic mass is 35.5. The summed E-state index contributed by atoms with van der Waals surface area (Å²) in [5.41, 5.74) is 1.53. The first-order chi connectivity index (χ1) is 12.6. The lowest BCUT2D eigenvalue weighted by atomic mass is 9.52. The van der Waals surface area contributed by atoms with Gasteiger partial charge in [0.2, 0.25) is 10.0 Å². The molecule has 0 saturated heterocycles. The van der Waals surface area contributed by atoms with E-state index in [1.807, 2.05) is 10.8 Å². The minimum atomic E-state index is -3.59. The molecule has 1 N–H and O–H groups in total. The Balaban J connectivity index is 1.49. The highest BCUT2D eigenvalue weighted by Gasteiger charge is 2.52. The van der Waals surface area contributed by atoms with Gasteiger partial charge in [0.25, 0.3) is 5.91 Å². The van der Waals surface area contributed by atoms with Gasteiger partial charge in [-0.15, -0.1) is 0 Å². The lowest BCUT2D eigenvalue weighted by Gasteiger charge is -2.60. The highest BCUT2D eigenvalue weighted by Crippen LogP contribution is 2.57. The van der Waals surface area contributed by atoms with Gasteiger partial charge in [-0.25, -0.2) is 13.1 Å². The molecule has 4 aliphatic rings. The Morgan fingerprint density at radius 3 is 2.22 bits per heavy atom. The molecule has 1 aromatic carbocycles. The van der Waals surface area contributed by atoms with Crippen molar-refractivity contribution in [3.8, 4) is 0 Å². The van der Waals surface area contributed by atoms with Crippen LogP contribution < -0.4 is 4.72 Å². The minimum absolute atomic E-state index is 0.256. The maximum Gasteiger partial charge on any atom is 0.264 e. The minimum Gasteiger partial charge on any atom is -0.296 e. The van der Waals surface area contributed by atoms with Crippen molar-refractivity contribution < 1.29 is 13.2 Å². The molecule has 27 heavy (non-hydrogen) atoms. The number of hydrogen-bond donors (Lipinski definition) is 1. The largest absolute Gasteiger partial charge is 0.296 e. The second-order valence-corrected chi connectivity index (χ2v) is 11.2. The lowest BCUT2D eigenvalue weighted by molar-refractivity contribution is -0.0821. The molecule has 5 nitrogen and oxygen atoms in total. The predicted molar refractivity (Wildman–Crippen MR) is 106 cm³/mol. The van der Waals surface area contributed by atoms with Crippen molar-refractivity contribution in [2.75, 3.05) is 13.3 Å². The Morgan fingerprint density at radius 1 is 1.19 bits per heavy atom. The number of nitrogens with one attached hydrogen (secondary N) is 1. The average molecular weight is 411 g/mol. The first kappa shape index (κ1) is 19.2. The van der Waals surface area contributed by atoms with Gasteiger partial charge in [0.1, 0.15) is 0 Å².